The van der Waals surface area contributed by atoms with E-state index in [4.69, 9.17) is 9.73 Å². The van der Waals surface area contributed by atoms with Crippen molar-refractivity contribution in [3.63, 3.8) is 0 Å². The van der Waals surface area contributed by atoms with Crippen molar-refractivity contribution in [3.05, 3.63) is 18.0 Å². The Bertz CT molecular complexity index is 524. The molecule has 128 valence electrons. The largest absolute Gasteiger partial charge is 0.370 e. The van der Waals surface area contributed by atoms with E-state index in [1.54, 1.807) is 0 Å². The standard InChI is InChI=1S/C16H28N6O/c1-3-17-16(18-5-8-21-6-4-7-21)22-9-10-23-15(13-22)14-11-19-20(2)12-14/h11-12,15H,3-10,13H2,1-2H3,(H,17,18). The van der Waals surface area contributed by atoms with Gasteiger partial charge in [0.1, 0.15) is 6.10 Å². The molecular weight excluding hydrogens is 292 g/mol. The highest BCUT2D eigenvalue weighted by Crippen LogP contribution is 2.21. The number of morpholine rings is 1. The maximum absolute atomic E-state index is 5.92. The van der Waals surface area contributed by atoms with E-state index >= 15 is 0 Å². The first-order valence-electron chi connectivity index (χ1n) is 8.62. The van der Waals surface area contributed by atoms with Crippen molar-refractivity contribution >= 4 is 5.96 Å². The Hall–Kier alpha value is -1.60. The lowest BCUT2D eigenvalue weighted by molar-refractivity contribution is -0.00806. The molecule has 0 bridgehead atoms. The molecule has 0 saturated carbocycles. The summed E-state index contributed by atoms with van der Waals surface area (Å²) in [6.45, 7) is 9.80. The summed E-state index contributed by atoms with van der Waals surface area (Å²) in [6.07, 6.45) is 5.32. The van der Waals surface area contributed by atoms with Crippen molar-refractivity contribution in [3.8, 4) is 0 Å². The number of nitrogens with zero attached hydrogens (tertiary/aromatic N) is 5. The van der Waals surface area contributed by atoms with E-state index < -0.39 is 0 Å². The monoisotopic (exact) mass is 320 g/mol. The van der Waals surface area contributed by atoms with Crippen LogP contribution in [0.25, 0.3) is 0 Å². The molecule has 0 aromatic carbocycles. The SMILES string of the molecule is CCNC(=NCCN1CCC1)N1CCOC(c2cnn(C)c2)C1. The molecule has 0 radical (unpaired) electrons. The fraction of sp³-hybridized carbons (Fsp3) is 0.750. The van der Waals surface area contributed by atoms with E-state index in [9.17, 15) is 0 Å². The van der Waals surface area contributed by atoms with Crippen LogP contribution >= 0.6 is 0 Å². The smallest absolute Gasteiger partial charge is 0.194 e. The van der Waals surface area contributed by atoms with Crippen LogP contribution in [-0.2, 0) is 11.8 Å². The van der Waals surface area contributed by atoms with E-state index in [2.05, 4.69) is 27.1 Å². The minimum atomic E-state index is 0.0664. The average Bonchev–Trinajstić information content (AvgIpc) is 2.95. The van der Waals surface area contributed by atoms with Crippen LogP contribution in [0.3, 0.4) is 0 Å². The number of nitrogens with one attached hydrogen (secondary N) is 1. The predicted octanol–water partition coefficient (Wildman–Crippen LogP) is 0.465. The minimum absolute atomic E-state index is 0.0664. The molecule has 2 aliphatic heterocycles. The third-order valence-corrected chi connectivity index (χ3v) is 4.42. The number of hydrogen-bond acceptors (Lipinski definition) is 4. The van der Waals surface area contributed by atoms with Gasteiger partial charge < -0.3 is 19.9 Å². The van der Waals surface area contributed by atoms with Gasteiger partial charge in [0, 0.05) is 38.4 Å². The first-order chi connectivity index (χ1) is 11.3. The van der Waals surface area contributed by atoms with Gasteiger partial charge in [0.25, 0.3) is 0 Å². The van der Waals surface area contributed by atoms with Crippen molar-refractivity contribution in [1.29, 1.82) is 0 Å². The maximum Gasteiger partial charge on any atom is 0.194 e. The quantitative estimate of drug-likeness (QED) is 0.631. The van der Waals surface area contributed by atoms with E-state index in [0.29, 0.717) is 0 Å². The number of aliphatic imine (C=N–C) groups is 1. The Morgan fingerprint density at radius 3 is 2.96 bits per heavy atom. The Morgan fingerprint density at radius 1 is 1.43 bits per heavy atom. The summed E-state index contributed by atoms with van der Waals surface area (Å²) in [7, 11) is 1.94. The van der Waals surface area contributed by atoms with Crippen LogP contribution in [0.5, 0.6) is 0 Å². The van der Waals surface area contributed by atoms with E-state index in [1.165, 1.54) is 19.5 Å². The number of likely N-dealkylation sites (tertiary alicyclic amines) is 1. The second-order valence-electron chi connectivity index (χ2n) is 6.18. The summed E-state index contributed by atoms with van der Waals surface area (Å²) in [5.41, 5.74) is 1.13. The summed E-state index contributed by atoms with van der Waals surface area (Å²) in [6, 6.07) is 0. The van der Waals surface area contributed by atoms with Crippen LogP contribution in [-0.4, -0.2) is 78.0 Å². The molecule has 7 heteroatoms. The van der Waals surface area contributed by atoms with Gasteiger partial charge in [0.05, 0.1) is 25.9 Å². The Morgan fingerprint density at radius 2 is 2.30 bits per heavy atom. The molecular formula is C16H28N6O. The lowest BCUT2D eigenvalue weighted by Crippen LogP contribution is -2.48. The molecule has 1 unspecified atom stereocenters. The molecule has 2 saturated heterocycles. The van der Waals surface area contributed by atoms with Gasteiger partial charge in [-0.25, -0.2) is 0 Å². The maximum atomic E-state index is 5.92. The van der Waals surface area contributed by atoms with Crippen molar-refractivity contribution in [2.75, 3.05) is 52.4 Å². The molecule has 23 heavy (non-hydrogen) atoms. The van der Waals surface area contributed by atoms with Gasteiger partial charge in [-0.15, -0.1) is 0 Å². The zero-order valence-corrected chi connectivity index (χ0v) is 14.2. The van der Waals surface area contributed by atoms with Crippen molar-refractivity contribution < 1.29 is 4.74 Å². The molecule has 1 aromatic rings. The van der Waals surface area contributed by atoms with Crippen molar-refractivity contribution in [2.24, 2.45) is 12.0 Å². The summed E-state index contributed by atoms with van der Waals surface area (Å²) < 4.78 is 7.74. The van der Waals surface area contributed by atoms with Crippen LogP contribution in [0.1, 0.15) is 25.0 Å². The Labute approximate surface area is 138 Å². The summed E-state index contributed by atoms with van der Waals surface area (Å²) in [5.74, 6) is 1.00. The van der Waals surface area contributed by atoms with Crippen molar-refractivity contribution in [2.45, 2.75) is 19.4 Å². The van der Waals surface area contributed by atoms with Crippen LogP contribution in [0.15, 0.2) is 17.4 Å². The molecule has 3 heterocycles. The van der Waals surface area contributed by atoms with Gasteiger partial charge >= 0.3 is 0 Å². The second-order valence-corrected chi connectivity index (χ2v) is 6.18. The van der Waals surface area contributed by atoms with Gasteiger partial charge in [0.2, 0.25) is 0 Å². The van der Waals surface area contributed by atoms with Gasteiger partial charge in [-0.05, 0) is 26.4 Å². The minimum Gasteiger partial charge on any atom is -0.370 e. The van der Waals surface area contributed by atoms with Crippen LogP contribution in [0.2, 0.25) is 0 Å². The lowest BCUT2D eigenvalue weighted by Gasteiger charge is -2.35. The fourth-order valence-corrected chi connectivity index (χ4v) is 2.98. The number of guanidine groups is 1. The first kappa shape index (κ1) is 16.3. The zero-order chi connectivity index (χ0) is 16.1. The number of aromatic nitrogens is 2. The molecule has 0 aliphatic carbocycles. The molecule has 0 amide bonds. The number of rotatable bonds is 5. The molecule has 1 aromatic heterocycles. The highest BCUT2D eigenvalue weighted by Gasteiger charge is 2.25. The Balaban J connectivity index is 1.59. The third-order valence-electron chi connectivity index (χ3n) is 4.42. The van der Waals surface area contributed by atoms with E-state index in [1.807, 2.05) is 24.1 Å². The van der Waals surface area contributed by atoms with Crippen LogP contribution < -0.4 is 5.32 Å². The van der Waals surface area contributed by atoms with Gasteiger partial charge in [-0.3, -0.25) is 9.67 Å². The molecule has 0 spiro atoms. The molecule has 2 fully saturated rings. The summed E-state index contributed by atoms with van der Waals surface area (Å²) in [5, 5.41) is 7.67. The zero-order valence-electron chi connectivity index (χ0n) is 14.2. The normalized spacial score (nSPS) is 23.0. The van der Waals surface area contributed by atoms with Crippen LogP contribution in [0, 0.1) is 0 Å². The highest BCUT2D eigenvalue weighted by atomic mass is 16.5. The molecule has 1 atom stereocenters. The Kier molecular flexibility index (Phi) is 5.51. The lowest BCUT2D eigenvalue weighted by atomic mass is 10.1. The number of ether oxygens (including phenoxy) is 1. The fourth-order valence-electron chi connectivity index (χ4n) is 2.98. The first-order valence-corrected chi connectivity index (χ1v) is 8.62. The second kappa shape index (κ2) is 7.79. The summed E-state index contributed by atoms with van der Waals surface area (Å²) in [4.78, 5) is 9.56. The van der Waals surface area contributed by atoms with Crippen LogP contribution in [0.4, 0.5) is 0 Å². The summed E-state index contributed by atoms with van der Waals surface area (Å²) >= 11 is 0. The molecule has 3 rings (SSSR count). The third kappa shape index (κ3) is 4.23. The number of hydrogen-bond donors (Lipinski definition) is 1. The predicted molar refractivity (Wildman–Crippen MR) is 90.5 cm³/mol. The highest BCUT2D eigenvalue weighted by molar-refractivity contribution is 5.80. The van der Waals surface area contributed by atoms with Crippen molar-refractivity contribution in [1.82, 2.24) is 24.9 Å². The van der Waals surface area contributed by atoms with Gasteiger partial charge in [0.15, 0.2) is 5.96 Å². The molecule has 7 nitrogen and oxygen atoms in total. The average molecular weight is 320 g/mol. The van der Waals surface area contributed by atoms with E-state index in [0.717, 1.165) is 50.9 Å². The van der Waals surface area contributed by atoms with Gasteiger partial charge in [-0.2, -0.15) is 5.10 Å². The molecule has 1 N–H and O–H groups in total. The number of aryl methyl sites for hydroxylation is 1. The van der Waals surface area contributed by atoms with E-state index in [-0.39, 0.29) is 6.10 Å². The topological polar surface area (TPSA) is 57.9 Å². The molecule has 2 aliphatic rings. The van der Waals surface area contributed by atoms with Gasteiger partial charge in [-0.1, -0.05) is 0 Å².